The third-order valence-electron chi connectivity index (χ3n) is 3.97. The highest BCUT2D eigenvalue weighted by atomic mass is 19.3. The van der Waals surface area contributed by atoms with Crippen LogP contribution in [0.15, 0.2) is 18.2 Å². The second-order valence-corrected chi connectivity index (χ2v) is 7.14. The fraction of sp³-hybridized carbons (Fsp3) is 0.588. The van der Waals surface area contributed by atoms with Gasteiger partial charge in [0, 0.05) is 19.0 Å². The highest BCUT2D eigenvalue weighted by Gasteiger charge is 2.43. The lowest BCUT2D eigenvalue weighted by Crippen LogP contribution is -2.42. The van der Waals surface area contributed by atoms with Gasteiger partial charge in [-0.25, -0.2) is 4.79 Å². The Morgan fingerprint density at radius 3 is 2.71 bits per heavy atom. The van der Waals surface area contributed by atoms with Crippen LogP contribution < -0.4 is 9.47 Å². The second-order valence-electron chi connectivity index (χ2n) is 7.14. The van der Waals surface area contributed by atoms with Crippen molar-refractivity contribution in [1.82, 2.24) is 4.90 Å². The van der Waals surface area contributed by atoms with Crippen molar-refractivity contribution in [3.8, 4) is 11.5 Å². The summed E-state index contributed by atoms with van der Waals surface area (Å²) in [5.41, 5.74) is 0.303. The van der Waals surface area contributed by atoms with Crippen molar-refractivity contribution in [3.05, 3.63) is 23.8 Å². The number of carbonyl (C=O) groups excluding carboxylic acids is 1. The Balaban J connectivity index is 1.71. The second kappa shape index (κ2) is 5.79. The minimum absolute atomic E-state index is 0.0311. The van der Waals surface area contributed by atoms with Crippen molar-refractivity contribution in [2.45, 2.75) is 51.4 Å². The van der Waals surface area contributed by atoms with Gasteiger partial charge in [-0.1, -0.05) is 6.07 Å². The van der Waals surface area contributed by atoms with Crippen LogP contribution in [0.1, 0.15) is 45.1 Å². The molecular formula is C17H21F2NO4. The van der Waals surface area contributed by atoms with E-state index in [1.807, 2.05) is 20.8 Å². The molecule has 2 heterocycles. The number of nitrogens with zero attached hydrogens (tertiary/aromatic N) is 1. The summed E-state index contributed by atoms with van der Waals surface area (Å²) in [7, 11) is 0. The number of likely N-dealkylation sites (tertiary alicyclic amines) is 1. The summed E-state index contributed by atoms with van der Waals surface area (Å²) >= 11 is 0. The molecule has 0 aliphatic carbocycles. The first-order chi connectivity index (χ1) is 11.1. The highest BCUT2D eigenvalue weighted by molar-refractivity contribution is 5.68. The lowest BCUT2D eigenvalue weighted by Gasteiger charge is -2.34. The molecule has 0 N–H and O–H groups in total. The zero-order valence-corrected chi connectivity index (χ0v) is 14.0. The van der Waals surface area contributed by atoms with E-state index >= 15 is 0 Å². The number of piperidine rings is 1. The molecule has 24 heavy (non-hydrogen) atoms. The number of hydrogen-bond acceptors (Lipinski definition) is 4. The first-order valence-electron chi connectivity index (χ1n) is 8.01. The fourth-order valence-corrected chi connectivity index (χ4v) is 2.96. The van der Waals surface area contributed by atoms with Crippen molar-refractivity contribution in [3.63, 3.8) is 0 Å². The number of carbonyl (C=O) groups is 1. The summed E-state index contributed by atoms with van der Waals surface area (Å²) in [6, 6.07) is 4.80. The maximum absolute atomic E-state index is 13.1. The van der Waals surface area contributed by atoms with E-state index in [-0.39, 0.29) is 23.5 Å². The van der Waals surface area contributed by atoms with Crippen molar-refractivity contribution in [2.24, 2.45) is 0 Å². The summed E-state index contributed by atoms with van der Waals surface area (Å²) < 4.78 is 40.6. The number of fused-ring (bicyclic) bond motifs is 1. The SMILES string of the molecule is CC(C)(C)OC(=O)N1CCCC(c2ccc3c(c2)OC(F)(F)O3)C1. The Morgan fingerprint density at radius 1 is 1.29 bits per heavy atom. The topological polar surface area (TPSA) is 48.0 Å². The van der Waals surface area contributed by atoms with Gasteiger partial charge in [0.25, 0.3) is 0 Å². The van der Waals surface area contributed by atoms with Crippen LogP contribution >= 0.6 is 0 Å². The molecule has 132 valence electrons. The minimum atomic E-state index is -3.62. The van der Waals surface area contributed by atoms with Crippen LogP contribution in [0.5, 0.6) is 11.5 Å². The normalized spacial score (nSPS) is 22.4. The predicted octanol–water partition coefficient (Wildman–Crippen LogP) is 4.12. The van der Waals surface area contributed by atoms with E-state index in [1.54, 1.807) is 17.0 Å². The van der Waals surface area contributed by atoms with E-state index in [0.717, 1.165) is 18.4 Å². The lowest BCUT2D eigenvalue weighted by atomic mass is 9.90. The van der Waals surface area contributed by atoms with Crippen molar-refractivity contribution in [2.75, 3.05) is 13.1 Å². The Bertz CT molecular complexity index is 642. The van der Waals surface area contributed by atoms with Crippen molar-refractivity contribution >= 4 is 6.09 Å². The van der Waals surface area contributed by atoms with Crippen LogP contribution in [0.4, 0.5) is 13.6 Å². The van der Waals surface area contributed by atoms with Gasteiger partial charge in [-0.15, -0.1) is 8.78 Å². The molecule has 3 rings (SSSR count). The van der Waals surface area contributed by atoms with Gasteiger partial charge in [0.05, 0.1) is 0 Å². The molecule has 0 bridgehead atoms. The van der Waals surface area contributed by atoms with Gasteiger partial charge in [0.1, 0.15) is 5.60 Å². The monoisotopic (exact) mass is 341 g/mol. The van der Waals surface area contributed by atoms with Gasteiger partial charge in [-0.2, -0.15) is 0 Å². The maximum Gasteiger partial charge on any atom is 0.586 e. The molecule has 1 aromatic carbocycles. The highest BCUT2D eigenvalue weighted by Crippen LogP contribution is 2.43. The molecular weight excluding hydrogens is 320 g/mol. The number of hydrogen-bond donors (Lipinski definition) is 0. The van der Waals surface area contributed by atoms with Gasteiger partial charge in [0.2, 0.25) is 0 Å². The number of alkyl halides is 2. The molecule has 1 saturated heterocycles. The van der Waals surface area contributed by atoms with Crippen LogP contribution in [0.3, 0.4) is 0 Å². The van der Waals surface area contributed by atoms with Gasteiger partial charge < -0.3 is 19.1 Å². The maximum atomic E-state index is 13.1. The Morgan fingerprint density at radius 2 is 2.00 bits per heavy atom. The fourth-order valence-electron chi connectivity index (χ4n) is 2.96. The average molecular weight is 341 g/mol. The molecule has 0 aromatic heterocycles. The summed E-state index contributed by atoms with van der Waals surface area (Å²) in [4.78, 5) is 13.9. The van der Waals surface area contributed by atoms with Crippen LogP contribution in [0, 0.1) is 0 Å². The van der Waals surface area contributed by atoms with Crippen molar-refractivity contribution in [1.29, 1.82) is 0 Å². The molecule has 1 atom stereocenters. The van der Waals surface area contributed by atoms with E-state index < -0.39 is 11.9 Å². The molecule has 2 aliphatic heterocycles. The Labute approximate surface area is 139 Å². The molecule has 1 aromatic rings. The van der Waals surface area contributed by atoms with E-state index in [1.165, 1.54) is 6.07 Å². The molecule has 7 heteroatoms. The largest absolute Gasteiger partial charge is 0.586 e. The molecule has 1 fully saturated rings. The smallest absolute Gasteiger partial charge is 0.444 e. The first kappa shape index (κ1) is 16.8. The third kappa shape index (κ3) is 3.71. The third-order valence-corrected chi connectivity index (χ3v) is 3.97. The summed E-state index contributed by atoms with van der Waals surface area (Å²) in [6.07, 6.45) is -2.26. The van der Waals surface area contributed by atoms with E-state index in [0.29, 0.717) is 13.1 Å². The van der Waals surface area contributed by atoms with Crippen LogP contribution in [0.25, 0.3) is 0 Å². The van der Waals surface area contributed by atoms with Crippen LogP contribution in [0.2, 0.25) is 0 Å². The van der Waals surface area contributed by atoms with E-state index in [2.05, 4.69) is 9.47 Å². The Hall–Kier alpha value is -2.05. The van der Waals surface area contributed by atoms with Gasteiger partial charge in [-0.05, 0) is 51.3 Å². The Kier molecular flexibility index (Phi) is 4.05. The van der Waals surface area contributed by atoms with Gasteiger partial charge >= 0.3 is 12.4 Å². The average Bonchev–Trinajstić information content (AvgIpc) is 2.78. The first-order valence-corrected chi connectivity index (χ1v) is 8.01. The number of halogens is 2. The molecule has 0 saturated carbocycles. The number of ether oxygens (including phenoxy) is 3. The van der Waals surface area contributed by atoms with Gasteiger partial charge in [-0.3, -0.25) is 0 Å². The van der Waals surface area contributed by atoms with E-state index in [9.17, 15) is 13.6 Å². The molecule has 2 aliphatic rings. The zero-order chi connectivity index (χ0) is 17.5. The quantitative estimate of drug-likeness (QED) is 0.771. The molecule has 5 nitrogen and oxygen atoms in total. The number of benzene rings is 1. The lowest BCUT2D eigenvalue weighted by molar-refractivity contribution is -0.286. The minimum Gasteiger partial charge on any atom is -0.444 e. The standard InChI is InChI=1S/C17H21F2NO4/c1-16(2,3)24-15(21)20-8-4-5-12(10-20)11-6-7-13-14(9-11)23-17(18,19)22-13/h6-7,9,12H,4-5,8,10H2,1-3H3. The zero-order valence-electron chi connectivity index (χ0n) is 14.0. The molecule has 1 amide bonds. The number of amides is 1. The summed E-state index contributed by atoms with van der Waals surface area (Å²) in [6.45, 7) is 6.60. The number of rotatable bonds is 1. The summed E-state index contributed by atoms with van der Waals surface area (Å²) in [5, 5.41) is 0. The molecule has 0 radical (unpaired) electrons. The van der Waals surface area contributed by atoms with Crippen LogP contribution in [-0.4, -0.2) is 36.0 Å². The molecule has 0 spiro atoms. The van der Waals surface area contributed by atoms with Crippen molar-refractivity contribution < 1.29 is 27.8 Å². The van der Waals surface area contributed by atoms with Gasteiger partial charge in [0.15, 0.2) is 11.5 Å². The molecule has 1 unspecified atom stereocenters. The van der Waals surface area contributed by atoms with Crippen LogP contribution in [-0.2, 0) is 4.74 Å². The predicted molar refractivity (Wildman–Crippen MR) is 82.4 cm³/mol. The summed E-state index contributed by atoms with van der Waals surface area (Å²) in [5.74, 6) is 0.116. The van der Waals surface area contributed by atoms with E-state index in [4.69, 9.17) is 4.74 Å².